The molecule has 11 heteroatoms. The van der Waals surface area contributed by atoms with Crippen LogP contribution in [0, 0.1) is 5.92 Å². The molecule has 1 aromatic heterocycles. The van der Waals surface area contributed by atoms with E-state index in [0.29, 0.717) is 25.4 Å². The fourth-order valence-electron chi connectivity index (χ4n) is 4.17. The van der Waals surface area contributed by atoms with Crippen LogP contribution >= 0.6 is 0 Å². The van der Waals surface area contributed by atoms with E-state index >= 15 is 0 Å². The summed E-state index contributed by atoms with van der Waals surface area (Å²) >= 11 is 0. The average Bonchev–Trinajstić information content (AvgIpc) is 2.85. The maximum absolute atomic E-state index is 13.5. The second-order valence-electron chi connectivity index (χ2n) is 9.55. The van der Waals surface area contributed by atoms with Crippen molar-refractivity contribution in [3.05, 3.63) is 53.9 Å². The number of hydrogen-bond acceptors (Lipinski definition) is 6. The molecule has 0 spiro atoms. The summed E-state index contributed by atoms with van der Waals surface area (Å²) in [6.07, 6.45) is -3.24. The zero-order chi connectivity index (χ0) is 27.2. The van der Waals surface area contributed by atoms with Crippen LogP contribution in [0.3, 0.4) is 0 Å². The van der Waals surface area contributed by atoms with Crippen LogP contribution in [0.1, 0.15) is 42.6 Å². The van der Waals surface area contributed by atoms with Crippen molar-refractivity contribution in [2.75, 3.05) is 32.1 Å². The highest BCUT2D eigenvalue weighted by Gasteiger charge is 2.34. The predicted octanol–water partition coefficient (Wildman–Crippen LogP) is 3.71. The molecule has 2 heterocycles. The molecule has 3 atom stereocenters. The molecular weight excluding hydrogens is 489 g/mol. The molecule has 2 amide bonds. The highest BCUT2D eigenvalue weighted by atomic mass is 19.4. The first-order valence-electron chi connectivity index (χ1n) is 12.1. The van der Waals surface area contributed by atoms with Gasteiger partial charge < -0.3 is 20.1 Å². The number of aliphatic hydroxyl groups is 1. The zero-order valence-corrected chi connectivity index (χ0v) is 21.2. The third kappa shape index (κ3) is 8.16. The Kier molecular flexibility index (Phi) is 9.50. The van der Waals surface area contributed by atoms with Gasteiger partial charge in [0.15, 0.2) is 0 Å². The molecule has 0 aliphatic carbocycles. The van der Waals surface area contributed by atoms with Crippen LogP contribution in [0.4, 0.5) is 18.9 Å². The van der Waals surface area contributed by atoms with Crippen molar-refractivity contribution >= 4 is 17.5 Å². The molecule has 0 saturated heterocycles. The number of nitrogens with zero attached hydrogens (tertiary/aromatic N) is 3. The Balaban J connectivity index is 1.84. The molecule has 202 valence electrons. The van der Waals surface area contributed by atoms with Crippen molar-refractivity contribution in [1.29, 1.82) is 0 Å². The number of aliphatic hydroxyl groups excluding tert-OH is 1. The van der Waals surface area contributed by atoms with E-state index in [1.165, 1.54) is 12.1 Å². The van der Waals surface area contributed by atoms with Gasteiger partial charge >= 0.3 is 6.18 Å². The number of likely N-dealkylation sites (N-methyl/N-ethyl adjacent to an activating group) is 1. The Labute approximate surface area is 214 Å². The molecule has 0 fully saturated rings. The maximum Gasteiger partial charge on any atom is 0.389 e. The third-order valence-corrected chi connectivity index (χ3v) is 6.28. The fraction of sp³-hybridized carbons (Fsp3) is 0.500. The molecule has 0 saturated carbocycles. The van der Waals surface area contributed by atoms with Gasteiger partial charge in [-0.2, -0.15) is 13.2 Å². The van der Waals surface area contributed by atoms with Gasteiger partial charge in [-0.05, 0) is 49.9 Å². The number of halogens is 3. The summed E-state index contributed by atoms with van der Waals surface area (Å²) in [5.41, 5.74) is 1.45. The number of alkyl halides is 3. The van der Waals surface area contributed by atoms with Gasteiger partial charge in [-0.3, -0.25) is 19.5 Å². The van der Waals surface area contributed by atoms with E-state index in [-0.39, 0.29) is 29.9 Å². The van der Waals surface area contributed by atoms with Crippen LogP contribution < -0.4 is 10.1 Å². The minimum atomic E-state index is -4.44. The zero-order valence-electron chi connectivity index (χ0n) is 21.2. The summed E-state index contributed by atoms with van der Waals surface area (Å²) in [7, 11) is 1.97. The molecule has 2 aromatic rings. The number of ether oxygens (including phenoxy) is 1. The molecule has 3 rings (SSSR count). The number of aromatic nitrogens is 1. The highest BCUT2D eigenvalue weighted by Crippen LogP contribution is 2.31. The summed E-state index contributed by atoms with van der Waals surface area (Å²) < 4.78 is 43.7. The summed E-state index contributed by atoms with van der Waals surface area (Å²) in [5, 5.41) is 12.2. The van der Waals surface area contributed by atoms with Crippen LogP contribution in [-0.4, -0.2) is 76.8 Å². The van der Waals surface area contributed by atoms with Crippen molar-refractivity contribution in [3.8, 4) is 5.75 Å². The van der Waals surface area contributed by atoms with E-state index in [9.17, 15) is 27.9 Å². The SMILES string of the molecule is C[C@H](CO)N1C[C@H](C)[C@H](CN(C)Cc2ccncc2)Oc2ccc(NC(=O)CCC(F)(F)F)cc2C1=O. The van der Waals surface area contributed by atoms with Gasteiger partial charge in [0.2, 0.25) is 5.91 Å². The molecular formula is C26H33F3N4O4. The van der Waals surface area contributed by atoms with E-state index in [4.69, 9.17) is 4.74 Å². The molecule has 1 aliphatic rings. The minimum Gasteiger partial charge on any atom is -0.488 e. The first-order valence-corrected chi connectivity index (χ1v) is 12.1. The van der Waals surface area contributed by atoms with Crippen molar-refractivity contribution < 1.29 is 32.6 Å². The summed E-state index contributed by atoms with van der Waals surface area (Å²) in [6, 6.07) is 7.85. The number of rotatable bonds is 9. The number of hydrogen-bond donors (Lipinski definition) is 2. The van der Waals surface area contributed by atoms with Crippen LogP contribution in [0.2, 0.25) is 0 Å². The Bertz CT molecular complexity index is 1070. The Hall–Kier alpha value is -3.18. The van der Waals surface area contributed by atoms with Gasteiger partial charge in [0, 0.05) is 50.1 Å². The normalized spacial score (nSPS) is 19.0. The second-order valence-corrected chi connectivity index (χ2v) is 9.55. The van der Waals surface area contributed by atoms with Crippen LogP contribution in [0.25, 0.3) is 0 Å². The maximum atomic E-state index is 13.5. The highest BCUT2D eigenvalue weighted by molar-refractivity contribution is 5.99. The van der Waals surface area contributed by atoms with Crippen LogP contribution in [0.5, 0.6) is 5.75 Å². The van der Waals surface area contributed by atoms with Gasteiger partial charge in [0.05, 0.1) is 24.6 Å². The molecule has 8 nitrogen and oxygen atoms in total. The number of benzene rings is 1. The smallest absolute Gasteiger partial charge is 0.389 e. The summed E-state index contributed by atoms with van der Waals surface area (Å²) in [6.45, 7) is 5.02. The van der Waals surface area contributed by atoms with Crippen molar-refractivity contribution in [1.82, 2.24) is 14.8 Å². The number of nitrogens with one attached hydrogen (secondary N) is 1. The number of pyridine rings is 1. The van der Waals surface area contributed by atoms with Gasteiger partial charge in [-0.25, -0.2) is 0 Å². The van der Waals surface area contributed by atoms with Gasteiger partial charge in [-0.15, -0.1) is 0 Å². The topological polar surface area (TPSA) is 95.0 Å². The monoisotopic (exact) mass is 522 g/mol. The van der Waals surface area contributed by atoms with Crippen LogP contribution in [-0.2, 0) is 11.3 Å². The molecule has 2 N–H and O–H groups in total. The van der Waals surface area contributed by atoms with Crippen molar-refractivity contribution in [2.24, 2.45) is 5.92 Å². The number of carbonyl (C=O) groups excluding carboxylic acids is 2. The molecule has 1 aliphatic heterocycles. The van der Waals surface area contributed by atoms with E-state index in [1.807, 2.05) is 26.1 Å². The molecule has 0 unspecified atom stereocenters. The standard InChI is InChI=1S/C26H33F3N4O4/c1-17-13-33(18(2)16-34)25(36)21-12-20(31-24(35)6-9-26(27,28)29)4-5-22(21)37-23(17)15-32(3)14-19-7-10-30-11-8-19/h4-5,7-8,10-12,17-18,23,34H,6,9,13-16H2,1-3H3,(H,31,35)/t17-,18+,23-/m0/s1. The summed E-state index contributed by atoms with van der Waals surface area (Å²) in [5.74, 6) is -0.963. The Morgan fingerprint density at radius 2 is 2.00 bits per heavy atom. The average molecular weight is 523 g/mol. The van der Waals surface area contributed by atoms with E-state index in [1.54, 1.807) is 30.3 Å². The number of amides is 2. The molecule has 0 bridgehead atoms. The minimum absolute atomic E-state index is 0.0762. The van der Waals surface area contributed by atoms with E-state index in [2.05, 4.69) is 15.2 Å². The lowest BCUT2D eigenvalue weighted by Crippen LogP contribution is -2.49. The lowest BCUT2D eigenvalue weighted by atomic mass is 9.99. The van der Waals surface area contributed by atoms with Crippen molar-refractivity contribution in [2.45, 2.75) is 51.6 Å². The van der Waals surface area contributed by atoms with Gasteiger partial charge in [0.25, 0.3) is 5.91 Å². The fourth-order valence-corrected chi connectivity index (χ4v) is 4.17. The first-order chi connectivity index (χ1) is 17.5. The van der Waals surface area contributed by atoms with Crippen molar-refractivity contribution in [3.63, 3.8) is 0 Å². The number of carbonyl (C=O) groups is 2. The summed E-state index contributed by atoms with van der Waals surface area (Å²) in [4.78, 5) is 33.2. The van der Waals surface area contributed by atoms with E-state index in [0.717, 1.165) is 5.56 Å². The largest absolute Gasteiger partial charge is 0.488 e. The number of anilines is 1. The quantitative estimate of drug-likeness (QED) is 0.522. The van der Waals surface area contributed by atoms with Crippen LogP contribution in [0.15, 0.2) is 42.7 Å². The first kappa shape index (κ1) is 28.4. The lowest BCUT2D eigenvalue weighted by molar-refractivity contribution is -0.142. The number of fused-ring (bicyclic) bond motifs is 1. The van der Waals surface area contributed by atoms with Gasteiger partial charge in [0.1, 0.15) is 11.9 Å². The Morgan fingerprint density at radius 3 is 2.65 bits per heavy atom. The molecule has 37 heavy (non-hydrogen) atoms. The predicted molar refractivity (Wildman–Crippen MR) is 132 cm³/mol. The molecule has 0 radical (unpaired) electrons. The second kappa shape index (κ2) is 12.4. The van der Waals surface area contributed by atoms with Gasteiger partial charge in [-0.1, -0.05) is 6.92 Å². The molecule has 1 aromatic carbocycles. The Morgan fingerprint density at radius 1 is 1.30 bits per heavy atom. The third-order valence-electron chi connectivity index (χ3n) is 6.28. The lowest BCUT2D eigenvalue weighted by Gasteiger charge is -2.38. The van der Waals surface area contributed by atoms with E-state index < -0.39 is 36.9 Å².